The van der Waals surface area contributed by atoms with Crippen molar-refractivity contribution in [3.63, 3.8) is 0 Å². The number of benzene rings is 1. The number of ether oxygens (including phenoxy) is 1. The maximum atomic E-state index is 12.7. The van der Waals surface area contributed by atoms with Crippen LogP contribution in [0.2, 0.25) is 0 Å². The zero-order valence-corrected chi connectivity index (χ0v) is 16.1. The highest BCUT2D eigenvalue weighted by Gasteiger charge is 2.51. The predicted octanol–water partition coefficient (Wildman–Crippen LogP) is 3.62. The number of carbonyl (C=O) groups is 1. The molecule has 1 spiro atoms. The molecule has 0 radical (unpaired) electrons. The van der Waals surface area contributed by atoms with Crippen LogP contribution in [0.3, 0.4) is 0 Å². The van der Waals surface area contributed by atoms with E-state index in [0.29, 0.717) is 6.61 Å². The summed E-state index contributed by atoms with van der Waals surface area (Å²) < 4.78 is 6.27. The SMILES string of the molecule is Cc1ccc(C(=O)N2CC3(CC(OCc4ccncc4)CS3)C2)cc1C. The number of rotatable bonds is 4. The van der Waals surface area contributed by atoms with Crippen molar-refractivity contribution in [1.82, 2.24) is 9.88 Å². The number of thioether (sulfide) groups is 1. The lowest BCUT2D eigenvalue weighted by Crippen LogP contribution is -2.60. The second kappa shape index (κ2) is 7.05. The largest absolute Gasteiger partial charge is 0.373 e. The normalized spacial score (nSPS) is 21.0. The fourth-order valence-electron chi connectivity index (χ4n) is 3.67. The van der Waals surface area contributed by atoms with Crippen molar-refractivity contribution >= 4 is 17.7 Å². The van der Waals surface area contributed by atoms with Crippen molar-refractivity contribution in [3.05, 3.63) is 65.0 Å². The minimum absolute atomic E-state index is 0.153. The van der Waals surface area contributed by atoms with E-state index in [4.69, 9.17) is 4.74 Å². The van der Waals surface area contributed by atoms with Crippen LogP contribution in [0.15, 0.2) is 42.7 Å². The molecular weight excluding hydrogens is 344 g/mol. The van der Waals surface area contributed by atoms with Gasteiger partial charge in [0.2, 0.25) is 0 Å². The standard InChI is InChI=1S/C21H24N2O2S/c1-15-3-4-18(9-16(15)2)20(24)23-13-21(14-23)10-19(12-26-21)25-11-17-5-7-22-8-6-17/h3-9,19H,10-14H2,1-2H3. The van der Waals surface area contributed by atoms with Gasteiger partial charge in [-0.3, -0.25) is 9.78 Å². The fraction of sp³-hybridized carbons (Fsp3) is 0.429. The summed E-state index contributed by atoms with van der Waals surface area (Å²) in [6.45, 7) is 6.43. The predicted molar refractivity (Wildman–Crippen MR) is 104 cm³/mol. The molecule has 4 nitrogen and oxygen atoms in total. The fourth-order valence-corrected chi connectivity index (χ4v) is 5.22. The van der Waals surface area contributed by atoms with E-state index in [-0.39, 0.29) is 16.8 Å². The molecule has 2 fully saturated rings. The Morgan fingerprint density at radius 3 is 2.73 bits per heavy atom. The van der Waals surface area contributed by atoms with Crippen molar-refractivity contribution in [3.8, 4) is 0 Å². The van der Waals surface area contributed by atoms with E-state index in [0.717, 1.165) is 36.4 Å². The number of hydrogen-bond acceptors (Lipinski definition) is 4. The molecular formula is C21H24N2O2S. The van der Waals surface area contributed by atoms with Crippen LogP contribution in [0.25, 0.3) is 0 Å². The first kappa shape index (κ1) is 17.6. The van der Waals surface area contributed by atoms with Crippen LogP contribution in [-0.4, -0.2) is 45.5 Å². The van der Waals surface area contributed by atoms with Crippen molar-refractivity contribution < 1.29 is 9.53 Å². The highest BCUT2D eigenvalue weighted by molar-refractivity contribution is 8.01. The van der Waals surface area contributed by atoms with Gasteiger partial charge in [-0.1, -0.05) is 6.07 Å². The molecule has 0 bridgehead atoms. The van der Waals surface area contributed by atoms with E-state index in [1.165, 1.54) is 11.1 Å². The number of aromatic nitrogens is 1. The molecule has 0 aliphatic carbocycles. The Morgan fingerprint density at radius 2 is 2.00 bits per heavy atom. The molecule has 1 atom stereocenters. The molecule has 2 aromatic rings. The van der Waals surface area contributed by atoms with Gasteiger partial charge in [0, 0.05) is 36.8 Å². The van der Waals surface area contributed by atoms with E-state index in [9.17, 15) is 4.79 Å². The van der Waals surface area contributed by atoms with Gasteiger partial charge in [0.25, 0.3) is 5.91 Å². The smallest absolute Gasteiger partial charge is 0.253 e. The summed E-state index contributed by atoms with van der Waals surface area (Å²) >= 11 is 1.97. The monoisotopic (exact) mass is 368 g/mol. The molecule has 1 aromatic carbocycles. The van der Waals surface area contributed by atoms with Crippen LogP contribution < -0.4 is 0 Å². The third-order valence-corrected chi connectivity index (χ3v) is 6.98. The van der Waals surface area contributed by atoms with Crippen molar-refractivity contribution in [2.24, 2.45) is 0 Å². The lowest BCUT2D eigenvalue weighted by Gasteiger charge is -2.47. The number of nitrogens with zero attached hydrogens (tertiary/aromatic N) is 2. The second-order valence-electron chi connectivity index (χ2n) is 7.45. The average Bonchev–Trinajstić information content (AvgIpc) is 3.06. The topological polar surface area (TPSA) is 42.4 Å². The average molecular weight is 369 g/mol. The van der Waals surface area contributed by atoms with Gasteiger partial charge in [-0.05, 0) is 61.2 Å². The Kier molecular flexibility index (Phi) is 4.76. The number of amides is 1. The third kappa shape index (κ3) is 3.51. The minimum Gasteiger partial charge on any atom is -0.373 e. The highest BCUT2D eigenvalue weighted by Crippen LogP contribution is 2.46. The lowest BCUT2D eigenvalue weighted by molar-refractivity contribution is 0.0255. The summed E-state index contributed by atoms with van der Waals surface area (Å²) in [4.78, 5) is 18.7. The van der Waals surface area contributed by atoms with Gasteiger partial charge in [-0.25, -0.2) is 0 Å². The summed E-state index contributed by atoms with van der Waals surface area (Å²) in [6.07, 6.45) is 4.89. The van der Waals surface area contributed by atoms with Gasteiger partial charge in [-0.15, -0.1) is 11.8 Å². The Balaban J connectivity index is 1.30. The van der Waals surface area contributed by atoms with Gasteiger partial charge < -0.3 is 9.64 Å². The zero-order chi connectivity index (χ0) is 18.1. The maximum absolute atomic E-state index is 12.7. The van der Waals surface area contributed by atoms with E-state index in [1.807, 2.05) is 47.0 Å². The van der Waals surface area contributed by atoms with Crippen LogP contribution in [0.4, 0.5) is 0 Å². The molecule has 2 aliphatic rings. The molecule has 2 saturated heterocycles. The van der Waals surface area contributed by atoms with Crippen LogP contribution in [0.5, 0.6) is 0 Å². The summed E-state index contributed by atoms with van der Waals surface area (Å²) in [5, 5.41) is 0. The summed E-state index contributed by atoms with van der Waals surface area (Å²) in [5.74, 6) is 1.16. The number of aryl methyl sites for hydroxylation is 2. The van der Waals surface area contributed by atoms with Gasteiger partial charge in [0.05, 0.1) is 17.5 Å². The van der Waals surface area contributed by atoms with E-state index in [2.05, 4.69) is 18.8 Å². The number of pyridine rings is 1. The quantitative estimate of drug-likeness (QED) is 0.827. The molecule has 2 aliphatic heterocycles. The highest BCUT2D eigenvalue weighted by atomic mass is 32.2. The van der Waals surface area contributed by atoms with E-state index < -0.39 is 0 Å². The minimum atomic E-state index is 0.153. The number of carbonyl (C=O) groups excluding carboxylic acids is 1. The van der Waals surface area contributed by atoms with Crippen molar-refractivity contribution in [1.29, 1.82) is 0 Å². The Labute approximate surface area is 159 Å². The number of hydrogen-bond donors (Lipinski definition) is 0. The number of likely N-dealkylation sites (tertiary alicyclic amines) is 1. The van der Waals surface area contributed by atoms with Gasteiger partial charge in [-0.2, -0.15) is 0 Å². The summed E-state index contributed by atoms with van der Waals surface area (Å²) in [6, 6.07) is 9.96. The molecule has 136 valence electrons. The molecule has 4 rings (SSSR count). The van der Waals surface area contributed by atoms with E-state index in [1.54, 1.807) is 12.4 Å². The van der Waals surface area contributed by atoms with Gasteiger partial charge in [0.1, 0.15) is 0 Å². The lowest BCUT2D eigenvalue weighted by atomic mass is 9.92. The van der Waals surface area contributed by atoms with Crippen molar-refractivity contribution in [2.45, 2.75) is 37.7 Å². The van der Waals surface area contributed by atoms with E-state index >= 15 is 0 Å². The summed E-state index contributed by atoms with van der Waals surface area (Å²) in [7, 11) is 0. The third-order valence-electron chi connectivity index (χ3n) is 5.41. The van der Waals surface area contributed by atoms with Crippen LogP contribution >= 0.6 is 11.8 Å². The van der Waals surface area contributed by atoms with Gasteiger partial charge in [0.15, 0.2) is 0 Å². The second-order valence-corrected chi connectivity index (χ2v) is 8.93. The Bertz CT molecular complexity index is 803. The Hall–Kier alpha value is -1.85. The maximum Gasteiger partial charge on any atom is 0.253 e. The Morgan fingerprint density at radius 1 is 1.23 bits per heavy atom. The molecule has 0 saturated carbocycles. The first-order valence-electron chi connectivity index (χ1n) is 9.06. The zero-order valence-electron chi connectivity index (χ0n) is 15.3. The molecule has 26 heavy (non-hydrogen) atoms. The molecule has 1 aromatic heterocycles. The molecule has 0 N–H and O–H groups in total. The van der Waals surface area contributed by atoms with Crippen LogP contribution in [0.1, 0.15) is 33.5 Å². The van der Waals surface area contributed by atoms with Crippen molar-refractivity contribution in [2.75, 3.05) is 18.8 Å². The molecule has 3 heterocycles. The molecule has 1 amide bonds. The van der Waals surface area contributed by atoms with Gasteiger partial charge >= 0.3 is 0 Å². The molecule has 1 unspecified atom stereocenters. The molecule has 5 heteroatoms. The van der Waals surface area contributed by atoms with Crippen LogP contribution in [-0.2, 0) is 11.3 Å². The van der Waals surface area contributed by atoms with Crippen LogP contribution in [0, 0.1) is 13.8 Å². The first-order valence-corrected chi connectivity index (χ1v) is 10.0. The summed E-state index contributed by atoms with van der Waals surface area (Å²) in [5.41, 5.74) is 4.36. The first-order chi connectivity index (χ1) is 12.5.